The highest BCUT2D eigenvalue weighted by Gasteiger charge is 2.12. The van der Waals surface area contributed by atoms with Gasteiger partial charge in [0.15, 0.2) is 0 Å². The van der Waals surface area contributed by atoms with Crippen LogP contribution < -0.4 is 5.32 Å². The molecule has 4 nitrogen and oxygen atoms in total. The van der Waals surface area contributed by atoms with E-state index in [1.165, 1.54) is 10.5 Å². The van der Waals surface area contributed by atoms with Gasteiger partial charge in [-0.05, 0) is 25.6 Å². The lowest BCUT2D eigenvalue weighted by Crippen LogP contribution is -2.34. The SMILES string of the molecule is CCNC(CSc1ccc(C)cc1)Cc1ncnn1C. The molecule has 0 aliphatic heterocycles. The van der Waals surface area contributed by atoms with Crippen LogP contribution in [0.5, 0.6) is 0 Å². The van der Waals surface area contributed by atoms with Gasteiger partial charge in [0.2, 0.25) is 0 Å². The zero-order chi connectivity index (χ0) is 14.4. The summed E-state index contributed by atoms with van der Waals surface area (Å²) in [5, 5.41) is 7.66. The molecule has 0 spiro atoms. The van der Waals surface area contributed by atoms with Crippen molar-refractivity contribution < 1.29 is 0 Å². The van der Waals surface area contributed by atoms with Crippen molar-refractivity contribution in [3.63, 3.8) is 0 Å². The van der Waals surface area contributed by atoms with E-state index in [1.807, 2.05) is 23.5 Å². The van der Waals surface area contributed by atoms with Gasteiger partial charge in [0, 0.05) is 30.2 Å². The Bertz CT molecular complexity index is 521. The molecule has 0 saturated heterocycles. The zero-order valence-corrected chi connectivity index (χ0v) is 13.2. The molecule has 0 radical (unpaired) electrons. The monoisotopic (exact) mass is 290 g/mol. The van der Waals surface area contributed by atoms with E-state index < -0.39 is 0 Å². The second-order valence-corrected chi connectivity index (χ2v) is 5.98. The normalized spacial score (nSPS) is 12.6. The molecule has 0 aliphatic rings. The predicted octanol–water partition coefficient (Wildman–Crippen LogP) is 2.44. The summed E-state index contributed by atoms with van der Waals surface area (Å²) < 4.78 is 1.85. The summed E-state index contributed by atoms with van der Waals surface area (Å²) in [6, 6.07) is 9.10. The molecular formula is C15H22N4S. The van der Waals surface area contributed by atoms with Crippen LogP contribution >= 0.6 is 11.8 Å². The van der Waals surface area contributed by atoms with Gasteiger partial charge in [-0.2, -0.15) is 5.10 Å². The van der Waals surface area contributed by atoms with Crippen molar-refractivity contribution >= 4 is 11.8 Å². The number of hydrogen-bond donors (Lipinski definition) is 1. The quantitative estimate of drug-likeness (QED) is 0.795. The topological polar surface area (TPSA) is 42.7 Å². The van der Waals surface area contributed by atoms with Gasteiger partial charge in [0.1, 0.15) is 12.2 Å². The molecule has 1 aromatic carbocycles. The highest BCUT2D eigenvalue weighted by atomic mass is 32.2. The molecular weight excluding hydrogens is 268 g/mol. The van der Waals surface area contributed by atoms with Gasteiger partial charge in [-0.1, -0.05) is 24.6 Å². The van der Waals surface area contributed by atoms with Crippen molar-refractivity contribution in [1.29, 1.82) is 0 Å². The molecule has 1 aromatic heterocycles. The fourth-order valence-electron chi connectivity index (χ4n) is 2.04. The molecule has 0 amide bonds. The van der Waals surface area contributed by atoms with Gasteiger partial charge in [-0.3, -0.25) is 4.68 Å². The maximum atomic E-state index is 4.31. The Balaban J connectivity index is 1.92. The van der Waals surface area contributed by atoms with Crippen molar-refractivity contribution in [3.05, 3.63) is 42.0 Å². The van der Waals surface area contributed by atoms with E-state index in [4.69, 9.17) is 0 Å². The Hall–Kier alpha value is -1.33. The van der Waals surface area contributed by atoms with Crippen LogP contribution in [0.3, 0.4) is 0 Å². The number of thioether (sulfide) groups is 1. The summed E-state index contributed by atoms with van der Waals surface area (Å²) in [5.74, 6) is 2.06. The molecule has 0 fully saturated rings. The van der Waals surface area contributed by atoms with Gasteiger partial charge in [0.25, 0.3) is 0 Å². The molecule has 0 saturated carbocycles. The largest absolute Gasteiger partial charge is 0.313 e. The lowest BCUT2D eigenvalue weighted by molar-refractivity contribution is 0.542. The van der Waals surface area contributed by atoms with Crippen LogP contribution in [0, 0.1) is 6.92 Å². The molecule has 20 heavy (non-hydrogen) atoms. The van der Waals surface area contributed by atoms with Crippen molar-refractivity contribution in [2.75, 3.05) is 12.3 Å². The smallest absolute Gasteiger partial charge is 0.138 e. The van der Waals surface area contributed by atoms with Crippen molar-refractivity contribution in [3.8, 4) is 0 Å². The minimum atomic E-state index is 0.411. The summed E-state index contributed by atoms with van der Waals surface area (Å²) in [5.41, 5.74) is 1.30. The first-order valence-electron chi connectivity index (χ1n) is 6.94. The van der Waals surface area contributed by atoms with Crippen molar-refractivity contribution in [2.45, 2.75) is 31.2 Å². The molecule has 1 atom stereocenters. The number of nitrogens with one attached hydrogen (secondary N) is 1. The third-order valence-corrected chi connectivity index (χ3v) is 4.37. The van der Waals surface area contributed by atoms with Crippen LogP contribution in [0.1, 0.15) is 18.3 Å². The van der Waals surface area contributed by atoms with E-state index in [0.29, 0.717) is 6.04 Å². The molecule has 2 aromatic rings. The highest BCUT2D eigenvalue weighted by Crippen LogP contribution is 2.20. The third kappa shape index (κ3) is 4.35. The molecule has 0 aliphatic carbocycles. The van der Waals surface area contributed by atoms with E-state index in [0.717, 1.165) is 24.5 Å². The van der Waals surface area contributed by atoms with Crippen molar-refractivity contribution in [2.24, 2.45) is 7.05 Å². The van der Waals surface area contributed by atoms with Crippen LogP contribution in [-0.4, -0.2) is 33.1 Å². The maximum absolute atomic E-state index is 4.31. The standard InChI is InChI=1S/C15H22N4S/c1-4-16-13(9-15-17-11-18-19(15)3)10-20-14-7-5-12(2)6-8-14/h5-8,11,13,16H,4,9-10H2,1-3H3. The molecule has 0 bridgehead atoms. The van der Waals surface area contributed by atoms with E-state index >= 15 is 0 Å². The minimum absolute atomic E-state index is 0.411. The Morgan fingerprint density at radius 1 is 1.30 bits per heavy atom. The first-order valence-corrected chi connectivity index (χ1v) is 7.93. The highest BCUT2D eigenvalue weighted by molar-refractivity contribution is 7.99. The minimum Gasteiger partial charge on any atom is -0.313 e. The van der Waals surface area contributed by atoms with E-state index in [1.54, 1.807) is 6.33 Å². The number of rotatable bonds is 7. The second-order valence-electron chi connectivity index (χ2n) is 4.88. The molecule has 1 N–H and O–H groups in total. The third-order valence-electron chi connectivity index (χ3n) is 3.20. The van der Waals surface area contributed by atoms with Gasteiger partial charge in [-0.25, -0.2) is 4.98 Å². The van der Waals surface area contributed by atoms with Crippen LogP contribution in [0.25, 0.3) is 0 Å². The Morgan fingerprint density at radius 2 is 2.05 bits per heavy atom. The predicted molar refractivity (Wildman–Crippen MR) is 84.1 cm³/mol. The van der Waals surface area contributed by atoms with Gasteiger partial charge >= 0.3 is 0 Å². The molecule has 5 heteroatoms. The first-order chi connectivity index (χ1) is 9.69. The first kappa shape index (κ1) is 15.1. The van der Waals surface area contributed by atoms with Crippen LogP contribution in [0.2, 0.25) is 0 Å². The summed E-state index contributed by atoms with van der Waals surface area (Å²) in [6.07, 6.45) is 2.52. The van der Waals surface area contributed by atoms with Crippen molar-refractivity contribution in [1.82, 2.24) is 20.1 Å². The molecule has 1 heterocycles. The fourth-order valence-corrected chi connectivity index (χ4v) is 2.99. The van der Waals surface area contributed by atoms with Gasteiger partial charge < -0.3 is 5.32 Å². The average Bonchev–Trinajstić information content (AvgIpc) is 2.84. The van der Waals surface area contributed by atoms with Crippen LogP contribution in [0.4, 0.5) is 0 Å². The van der Waals surface area contributed by atoms with Gasteiger partial charge in [-0.15, -0.1) is 11.8 Å². The lowest BCUT2D eigenvalue weighted by atomic mass is 10.2. The number of benzene rings is 1. The lowest BCUT2D eigenvalue weighted by Gasteiger charge is -2.17. The van der Waals surface area contributed by atoms with E-state index in [-0.39, 0.29) is 0 Å². The zero-order valence-electron chi connectivity index (χ0n) is 12.3. The Labute approximate surface area is 125 Å². The average molecular weight is 290 g/mol. The second kappa shape index (κ2) is 7.45. The summed E-state index contributed by atoms with van der Waals surface area (Å²) in [7, 11) is 1.94. The number of nitrogens with zero attached hydrogens (tertiary/aromatic N) is 3. The maximum Gasteiger partial charge on any atom is 0.138 e. The Kier molecular flexibility index (Phi) is 5.61. The Morgan fingerprint density at radius 3 is 2.65 bits per heavy atom. The fraction of sp³-hybridized carbons (Fsp3) is 0.467. The molecule has 1 unspecified atom stereocenters. The van der Waals surface area contributed by atoms with Gasteiger partial charge in [0.05, 0.1) is 0 Å². The molecule has 108 valence electrons. The summed E-state index contributed by atoms with van der Waals surface area (Å²) in [4.78, 5) is 5.62. The number of likely N-dealkylation sites (N-methyl/N-ethyl adjacent to an activating group) is 1. The summed E-state index contributed by atoms with van der Waals surface area (Å²) >= 11 is 1.88. The van der Waals surface area contributed by atoms with Crippen LogP contribution in [0.15, 0.2) is 35.5 Å². The number of aromatic nitrogens is 3. The van der Waals surface area contributed by atoms with E-state index in [9.17, 15) is 0 Å². The van der Waals surface area contributed by atoms with Crippen LogP contribution in [-0.2, 0) is 13.5 Å². The molecule has 2 rings (SSSR count). The summed E-state index contributed by atoms with van der Waals surface area (Å²) in [6.45, 7) is 5.22. The number of aryl methyl sites for hydroxylation is 2. The number of hydrogen-bond acceptors (Lipinski definition) is 4. The van der Waals surface area contributed by atoms with E-state index in [2.05, 4.69) is 53.5 Å².